The van der Waals surface area contributed by atoms with Crippen LogP contribution in [0.15, 0.2) is 67.0 Å². The van der Waals surface area contributed by atoms with Crippen molar-refractivity contribution in [2.45, 2.75) is 76.7 Å². The Balaban J connectivity index is 1.24. The number of hydrogen-bond acceptors (Lipinski definition) is 10. The van der Waals surface area contributed by atoms with Crippen LogP contribution in [-0.4, -0.2) is 86.4 Å². The summed E-state index contributed by atoms with van der Waals surface area (Å²) in [7, 11) is 0. The third kappa shape index (κ3) is 8.98. The maximum absolute atomic E-state index is 14.7. The first-order chi connectivity index (χ1) is 24.5. The number of carbonyl (C=O) groups excluding carboxylic acids is 4. The zero-order valence-electron chi connectivity index (χ0n) is 28.0. The summed E-state index contributed by atoms with van der Waals surface area (Å²) in [5.74, 6) is -1.53. The zero-order valence-corrected chi connectivity index (χ0v) is 28.0. The second-order valence-corrected chi connectivity index (χ2v) is 12.8. The van der Waals surface area contributed by atoms with Gasteiger partial charge in [-0.25, -0.2) is 34.7 Å². The van der Waals surface area contributed by atoms with E-state index in [9.17, 15) is 19.2 Å². The van der Waals surface area contributed by atoms with Gasteiger partial charge in [-0.2, -0.15) is 0 Å². The number of nitrogens with one attached hydrogen (secondary N) is 1. The van der Waals surface area contributed by atoms with E-state index >= 15 is 0 Å². The second kappa shape index (κ2) is 17.1. The van der Waals surface area contributed by atoms with Gasteiger partial charge in [-0.15, -0.1) is 0 Å². The third-order valence-corrected chi connectivity index (χ3v) is 9.28. The first-order valence-corrected chi connectivity index (χ1v) is 17.4. The van der Waals surface area contributed by atoms with Gasteiger partial charge in [-0.05, 0) is 55.4 Å². The summed E-state index contributed by atoms with van der Waals surface area (Å²) in [4.78, 5) is 73.4. The maximum atomic E-state index is 14.7. The molecule has 2 aliphatic heterocycles. The van der Waals surface area contributed by atoms with Crippen LogP contribution in [0.5, 0.6) is 0 Å². The highest BCUT2D eigenvalue weighted by Gasteiger charge is 2.46. The number of benzene rings is 1. The summed E-state index contributed by atoms with van der Waals surface area (Å²) in [5, 5.41) is 6.26. The number of ether oxygens (including phenoxy) is 2. The van der Waals surface area contributed by atoms with E-state index in [2.05, 4.69) is 20.3 Å². The maximum Gasteiger partial charge on any atom is 0.429 e. The van der Waals surface area contributed by atoms with Gasteiger partial charge in [0.05, 0.1) is 23.9 Å². The highest BCUT2D eigenvalue weighted by molar-refractivity contribution is 5.97. The largest absolute Gasteiger partial charge is 0.443 e. The molecule has 14 nitrogen and oxygen atoms in total. The molecule has 1 N–H and O–H groups in total. The highest BCUT2D eigenvalue weighted by Crippen LogP contribution is 2.33. The smallest absolute Gasteiger partial charge is 0.429 e. The predicted octanol–water partition coefficient (Wildman–Crippen LogP) is 4.74. The normalized spacial score (nSPS) is 19.9. The van der Waals surface area contributed by atoms with Gasteiger partial charge in [0.25, 0.3) is 5.91 Å². The minimum Gasteiger partial charge on any atom is -0.443 e. The molecule has 14 heteroatoms. The number of hydrogen-bond donors (Lipinski definition) is 1. The molecule has 4 amide bonds. The average Bonchev–Trinajstić information content (AvgIpc) is 3.85. The molecule has 3 fully saturated rings. The molecule has 2 saturated heterocycles. The van der Waals surface area contributed by atoms with Gasteiger partial charge in [0.15, 0.2) is 6.29 Å². The molecule has 3 aromatic rings. The summed E-state index contributed by atoms with van der Waals surface area (Å²) in [6, 6.07) is 15.2. The molecular weight excluding hydrogens is 642 g/mol. The van der Waals surface area contributed by atoms with Gasteiger partial charge in [0.2, 0.25) is 18.3 Å². The lowest BCUT2D eigenvalue weighted by Crippen LogP contribution is -2.55. The standard InChI is InChI=1S/C36H43N7O7/c44-25-41(50-32-15-7-9-21-48-32)23-28(22-26-10-4-5-11-26)34(46)43-31(17-20-42(43)36(47)49-24-27-12-2-1-3-13-27)33(45)40-35-38-19-16-30(39-35)29-14-6-8-18-37-29/h1-3,6,8,12-14,16,18-19,25-26,28,31-32H,4-5,7,9-11,15,17,20-24H2,(H,38,39,40,45)/t28-,31+,32?/m1/s1. The molecule has 0 radical (unpaired) electrons. The van der Waals surface area contributed by atoms with E-state index in [1.165, 1.54) is 16.2 Å². The number of aromatic nitrogens is 3. The van der Waals surface area contributed by atoms with Gasteiger partial charge >= 0.3 is 6.09 Å². The van der Waals surface area contributed by atoms with E-state index in [1.54, 1.807) is 24.4 Å². The van der Waals surface area contributed by atoms with Crippen LogP contribution in [0.3, 0.4) is 0 Å². The van der Waals surface area contributed by atoms with Gasteiger partial charge in [0, 0.05) is 32.0 Å². The molecule has 50 heavy (non-hydrogen) atoms. The zero-order chi connectivity index (χ0) is 34.7. The number of carbonyl (C=O) groups is 4. The highest BCUT2D eigenvalue weighted by atomic mass is 16.8. The van der Waals surface area contributed by atoms with Crippen molar-refractivity contribution in [3.05, 3.63) is 72.6 Å². The molecule has 0 bridgehead atoms. The number of nitrogens with zero attached hydrogens (tertiary/aromatic N) is 6. The Morgan fingerprint density at radius 3 is 2.48 bits per heavy atom. The van der Waals surface area contributed by atoms with E-state index in [0.717, 1.165) is 49.2 Å². The lowest BCUT2D eigenvalue weighted by molar-refractivity contribution is -0.276. The number of hydroxylamine groups is 2. The first-order valence-electron chi connectivity index (χ1n) is 17.4. The summed E-state index contributed by atoms with van der Waals surface area (Å²) >= 11 is 0. The van der Waals surface area contributed by atoms with Crippen LogP contribution in [0.2, 0.25) is 0 Å². The van der Waals surface area contributed by atoms with Gasteiger partial charge in [0.1, 0.15) is 12.6 Å². The second-order valence-electron chi connectivity index (χ2n) is 12.8. The molecule has 2 aromatic heterocycles. The van der Waals surface area contributed by atoms with Crippen LogP contribution in [-0.2, 0) is 35.3 Å². The molecule has 1 saturated carbocycles. The van der Waals surface area contributed by atoms with Gasteiger partial charge < -0.3 is 9.47 Å². The van der Waals surface area contributed by atoms with Crippen LogP contribution in [0.4, 0.5) is 10.7 Å². The van der Waals surface area contributed by atoms with Crippen molar-refractivity contribution in [2.24, 2.45) is 11.8 Å². The Bertz CT molecular complexity index is 1590. The van der Waals surface area contributed by atoms with Crippen molar-refractivity contribution in [3.8, 4) is 11.4 Å². The average molecular weight is 686 g/mol. The molecule has 0 spiro atoms. The Hall–Kier alpha value is -4.95. The Morgan fingerprint density at radius 1 is 0.940 bits per heavy atom. The lowest BCUT2D eigenvalue weighted by Gasteiger charge is -2.35. The molecule has 6 rings (SSSR count). The number of hydrazine groups is 1. The fourth-order valence-corrected chi connectivity index (χ4v) is 6.76. The van der Waals surface area contributed by atoms with E-state index in [-0.39, 0.29) is 38.0 Å². The van der Waals surface area contributed by atoms with Crippen LogP contribution < -0.4 is 5.32 Å². The minimum atomic E-state index is -1.08. The SMILES string of the molecule is O=CN(C[C@@H](CC1CCCC1)C(=O)N1[C@H](C(=O)Nc2nccc(-c3ccccn3)n2)CCN1C(=O)OCc1ccccc1)OC1CCCCO1. The third-order valence-electron chi connectivity index (χ3n) is 9.28. The molecule has 1 aromatic carbocycles. The molecule has 3 aliphatic rings. The van der Waals surface area contributed by atoms with Crippen molar-refractivity contribution in [2.75, 3.05) is 25.0 Å². The van der Waals surface area contributed by atoms with Crippen molar-refractivity contribution in [1.82, 2.24) is 30.0 Å². The molecule has 1 aliphatic carbocycles. The monoisotopic (exact) mass is 685 g/mol. The minimum absolute atomic E-state index is 0.0110. The number of anilines is 1. The van der Waals surface area contributed by atoms with E-state index < -0.39 is 36.2 Å². The fourth-order valence-electron chi connectivity index (χ4n) is 6.76. The van der Waals surface area contributed by atoms with Crippen molar-refractivity contribution in [3.63, 3.8) is 0 Å². The van der Waals surface area contributed by atoms with Gasteiger partial charge in [-0.1, -0.05) is 62.1 Å². The predicted molar refractivity (Wildman–Crippen MR) is 180 cm³/mol. The van der Waals surface area contributed by atoms with Crippen molar-refractivity contribution < 1.29 is 33.5 Å². The van der Waals surface area contributed by atoms with Crippen LogP contribution in [0, 0.1) is 11.8 Å². The molecular formula is C36H43N7O7. The first kappa shape index (κ1) is 34.9. The van der Waals surface area contributed by atoms with E-state index in [0.29, 0.717) is 37.2 Å². The lowest BCUT2D eigenvalue weighted by atomic mass is 9.92. The van der Waals surface area contributed by atoms with Crippen LogP contribution >= 0.6 is 0 Å². The summed E-state index contributed by atoms with van der Waals surface area (Å²) in [6.07, 6.45) is 9.44. The molecule has 1 unspecified atom stereocenters. The number of amides is 4. The topological polar surface area (TPSA) is 156 Å². The van der Waals surface area contributed by atoms with E-state index in [1.807, 2.05) is 36.4 Å². The Kier molecular flexibility index (Phi) is 12.0. The number of rotatable bonds is 13. The molecule has 4 heterocycles. The number of pyridine rings is 1. The Labute approximate surface area is 291 Å². The summed E-state index contributed by atoms with van der Waals surface area (Å²) in [6.45, 7) is 0.516. The van der Waals surface area contributed by atoms with E-state index in [4.69, 9.17) is 14.3 Å². The van der Waals surface area contributed by atoms with Crippen LogP contribution in [0.25, 0.3) is 11.4 Å². The van der Waals surface area contributed by atoms with Crippen LogP contribution in [0.1, 0.15) is 63.4 Å². The fraction of sp³-hybridized carbons (Fsp3) is 0.472. The summed E-state index contributed by atoms with van der Waals surface area (Å²) in [5.41, 5.74) is 1.89. The quantitative estimate of drug-likeness (QED) is 0.197. The van der Waals surface area contributed by atoms with Crippen molar-refractivity contribution >= 4 is 30.3 Å². The van der Waals surface area contributed by atoms with Gasteiger partial charge in [-0.3, -0.25) is 24.7 Å². The summed E-state index contributed by atoms with van der Waals surface area (Å²) < 4.78 is 11.3. The van der Waals surface area contributed by atoms with Crippen molar-refractivity contribution in [1.29, 1.82) is 0 Å². The molecule has 3 atom stereocenters. The molecule has 264 valence electrons. The Morgan fingerprint density at radius 2 is 1.74 bits per heavy atom.